The summed E-state index contributed by atoms with van der Waals surface area (Å²) in [7, 11) is 1.59. The molecule has 0 radical (unpaired) electrons. The molecule has 2 atom stereocenters. The van der Waals surface area contributed by atoms with E-state index in [0.717, 1.165) is 79.2 Å². The van der Waals surface area contributed by atoms with Crippen molar-refractivity contribution in [2.45, 2.75) is 38.0 Å². The number of ether oxygens (including phenoxy) is 3. The molecule has 1 N–H and O–H groups in total. The van der Waals surface area contributed by atoms with Crippen LogP contribution in [0.4, 0.5) is 5.82 Å². The third-order valence-electron chi connectivity index (χ3n) is 8.00. The van der Waals surface area contributed by atoms with E-state index in [9.17, 15) is 5.11 Å². The van der Waals surface area contributed by atoms with Crippen LogP contribution in [0.3, 0.4) is 0 Å². The molecule has 7 rings (SSSR count). The zero-order chi connectivity index (χ0) is 24.4. The smallest absolute Gasteiger partial charge is 0.320 e. The number of hydrogen-bond acceptors (Lipinski definition) is 9. The van der Waals surface area contributed by atoms with E-state index in [1.807, 2.05) is 16.9 Å². The average Bonchev–Trinajstić information content (AvgIpc) is 3.58. The third kappa shape index (κ3) is 3.55. The minimum absolute atomic E-state index is 0.264. The molecule has 6 heterocycles. The van der Waals surface area contributed by atoms with E-state index in [4.69, 9.17) is 14.2 Å². The molecule has 188 valence electrons. The standard InChI is InChI=1S/C26H30N6O4/c1-15-5-16-9-27-32(22(16)7-21(15)20-3-4-30(11-23(20)33)18-12-35-13-18)25-8-24(28-26(29-25)34-2)31-10-19-6-17(31)14-36-19/h5,7-9,17-19,33H,3-4,6,10-14H2,1-2H3. The van der Waals surface area contributed by atoms with E-state index >= 15 is 0 Å². The number of rotatable bonds is 5. The summed E-state index contributed by atoms with van der Waals surface area (Å²) in [6, 6.07) is 7.30. The predicted molar refractivity (Wildman–Crippen MR) is 134 cm³/mol. The van der Waals surface area contributed by atoms with Crippen LogP contribution in [0.15, 0.2) is 30.2 Å². The molecule has 0 spiro atoms. The average molecular weight is 491 g/mol. The van der Waals surface area contributed by atoms with Gasteiger partial charge in [-0.15, -0.1) is 0 Å². The van der Waals surface area contributed by atoms with Crippen molar-refractivity contribution >= 4 is 22.3 Å². The molecule has 4 aliphatic heterocycles. The van der Waals surface area contributed by atoms with Crippen molar-refractivity contribution in [2.24, 2.45) is 0 Å². The van der Waals surface area contributed by atoms with Crippen molar-refractivity contribution < 1.29 is 19.3 Å². The Morgan fingerprint density at radius 3 is 2.64 bits per heavy atom. The summed E-state index contributed by atoms with van der Waals surface area (Å²) in [6.45, 7) is 6.63. The van der Waals surface area contributed by atoms with E-state index in [-0.39, 0.29) is 6.10 Å². The fraction of sp³-hybridized carbons (Fsp3) is 0.500. The summed E-state index contributed by atoms with van der Waals surface area (Å²) in [5, 5.41) is 16.7. The lowest BCUT2D eigenvalue weighted by atomic mass is 9.92. The second kappa shape index (κ2) is 8.43. The molecule has 2 unspecified atom stereocenters. The van der Waals surface area contributed by atoms with Gasteiger partial charge >= 0.3 is 6.01 Å². The molecule has 3 aromatic rings. The fourth-order valence-corrected chi connectivity index (χ4v) is 5.93. The van der Waals surface area contributed by atoms with Crippen LogP contribution in [0.1, 0.15) is 24.0 Å². The molecular weight excluding hydrogens is 460 g/mol. The summed E-state index contributed by atoms with van der Waals surface area (Å²) in [6.07, 6.45) is 3.95. The van der Waals surface area contributed by atoms with Crippen molar-refractivity contribution in [3.8, 4) is 11.8 Å². The normalized spacial score (nSPS) is 24.7. The Hall–Kier alpha value is -3.21. The number of aromatic nitrogens is 4. The van der Waals surface area contributed by atoms with Crippen LogP contribution >= 0.6 is 0 Å². The maximum Gasteiger partial charge on any atom is 0.320 e. The van der Waals surface area contributed by atoms with Gasteiger partial charge in [-0.25, -0.2) is 4.68 Å². The first-order chi connectivity index (χ1) is 17.6. The number of anilines is 1. The molecule has 2 bridgehead atoms. The topological polar surface area (TPSA) is 98.0 Å². The lowest BCUT2D eigenvalue weighted by Gasteiger charge is -2.39. The van der Waals surface area contributed by atoms with Gasteiger partial charge in [0.1, 0.15) is 11.6 Å². The lowest BCUT2D eigenvalue weighted by Crippen LogP contribution is -2.51. The Balaban J connectivity index is 1.27. The quantitative estimate of drug-likeness (QED) is 0.578. The van der Waals surface area contributed by atoms with Crippen molar-refractivity contribution in [1.29, 1.82) is 0 Å². The van der Waals surface area contributed by atoms with Gasteiger partial charge in [0.15, 0.2) is 5.82 Å². The SMILES string of the molecule is COc1nc(N2CC3CC2CO3)cc(-n2ncc3cc(C)c(C4=C(O)CN(C5COC5)CC4)cc32)n1. The highest BCUT2D eigenvalue weighted by molar-refractivity contribution is 5.86. The van der Waals surface area contributed by atoms with Crippen molar-refractivity contribution in [3.63, 3.8) is 0 Å². The van der Waals surface area contributed by atoms with Crippen LogP contribution in [0, 0.1) is 6.92 Å². The number of benzene rings is 1. The molecule has 10 nitrogen and oxygen atoms in total. The highest BCUT2D eigenvalue weighted by Crippen LogP contribution is 2.35. The molecule has 1 aromatic carbocycles. The summed E-state index contributed by atoms with van der Waals surface area (Å²) in [5.74, 6) is 1.93. The maximum absolute atomic E-state index is 11.0. The number of aliphatic hydroxyl groups excluding tert-OH is 1. The molecular formula is C26H30N6O4. The van der Waals surface area contributed by atoms with E-state index in [0.29, 0.717) is 36.2 Å². The number of hydrogen-bond donors (Lipinski definition) is 1. The number of morpholine rings is 1. The lowest BCUT2D eigenvalue weighted by molar-refractivity contribution is -0.0649. The monoisotopic (exact) mass is 490 g/mol. The first-order valence-electron chi connectivity index (χ1n) is 12.6. The molecule has 0 amide bonds. The highest BCUT2D eigenvalue weighted by atomic mass is 16.5. The second-order valence-electron chi connectivity index (χ2n) is 10.2. The molecule has 3 fully saturated rings. The van der Waals surface area contributed by atoms with Crippen LogP contribution in [0.25, 0.3) is 22.3 Å². The van der Waals surface area contributed by atoms with Gasteiger partial charge in [0.25, 0.3) is 0 Å². The zero-order valence-corrected chi connectivity index (χ0v) is 20.6. The Morgan fingerprint density at radius 1 is 1.08 bits per heavy atom. The van der Waals surface area contributed by atoms with Gasteiger partial charge in [-0.1, -0.05) is 0 Å². The number of fused-ring (bicyclic) bond motifs is 3. The summed E-state index contributed by atoms with van der Waals surface area (Å²) >= 11 is 0. The Bertz CT molecular complexity index is 1370. The van der Waals surface area contributed by atoms with E-state index in [2.05, 4.69) is 43.9 Å². The Morgan fingerprint density at radius 2 is 1.94 bits per heavy atom. The van der Waals surface area contributed by atoms with Crippen LogP contribution in [0.2, 0.25) is 0 Å². The summed E-state index contributed by atoms with van der Waals surface area (Å²) in [4.78, 5) is 13.9. The van der Waals surface area contributed by atoms with Gasteiger partial charge in [-0.3, -0.25) is 4.90 Å². The zero-order valence-electron chi connectivity index (χ0n) is 20.6. The van der Waals surface area contributed by atoms with Crippen molar-refractivity contribution in [2.75, 3.05) is 51.5 Å². The molecule has 0 saturated carbocycles. The molecule has 0 aliphatic carbocycles. The maximum atomic E-state index is 11.0. The minimum Gasteiger partial charge on any atom is -0.511 e. The molecule has 4 aliphatic rings. The van der Waals surface area contributed by atoms with E-state index in [1.165, 1.54) is 0 Å². The number of methoxy groups -OCH3 is 1. The van der Waals surface area contributed by atoms with Crippen LogP contribution < -0.4 is 9.64 Å². The predicted octanol–water partition coefficient (Wildman–Crippen LogP) is 2.48. The van der Waals surface area contributed by atoms with Gasteiger partial charge in [0.05, 0.1) is 63.4 Å². The minimum atomic E-state index is 0.264. The molecule has 3 saturated heterocycles. The van der Waals surface area contributed by atoms with Gasteiger partial charge in [0.2, 0.25) is 0 Å². The van der Waals surface area contributed by atoms with Crippen LogP contribution in [0.5, 0.6) is 6.01 Å². The number of nitrogens with zero attached hydrogens (tertiary/aromatic N) is 6. The van der Waals surface area contributed by atoms with Gasteiger partial charge < -0.3 is 24.2 Å². The van der Waals surface area contributed by atoms with E-state index < -0.39 is 0 Å². The largest absolute Gasteiger partial charge is 0.511 e. The first-order valence-corrected chi connectivity index (χ1v) is 12.6. The molecule has 36 heavy (non-hydrogen) atoms. The summed E-state index contributed by atoms with van der Waals surface area (Å²) in [5.41, 5.74) is 4.12. The van der Waals surface area contributed by atoms with Gasteiger partial charge in [0, 0.05) is 24.5 Å². The Kier molecular flexibility index (Phi) is 5.16. The Labute approximate surface area is 209 Å². The third-order valence-corrected chi connectivity index (χ3v) is 8.00. The first kappa shape index (κ1) is 22.0. The van der Waals surface area contributed by atoms with Gasteiger partial charge in [-0.2, -0.15) is 15.1 Å². The molecule has 2 aromatic heterocycles. The van der Waals surface area contributed by atoms with E-state index in [1.54, 1.807) is 7.11 Å². The van der Waals surface area contributed by atoms with Crippen LogP contribution in [-0.2, 0) is 9.47 Å². The number of aryl methyl sites for hydroxylation is 1. The summed E-state index contributed by atoms with van der Waals surface area (Å²) < 4.78 is 18.4. The van der Waals surface area contributed by atoms with Crippen molar-refractivity contribution in [3.05, 3.63) is 41.3 Å². The fourth-order valence-electron chi connectivity index (χ4n) is 5.93. The highest BCUT2D eigenvalue weighted by Gasteiger charge is 2.40. The molecule has 10 heteroatoms. The van der Waals surface area contributed by atoms with Gasteiger partial charge in [-0.05, 0) is 48.6 Å². The van der Waals surface area contributed by atoms with Crippen LogP contribution in [-0.4, -0.2) is 94.5 Å². The van der Waals surface area contributed by atoms with Crippen molar-refractivity contribution in [1.82, 2.24) is 24.6 Å². The number of aliphatic hydroxyl groups is 1. The second-order valence-corrected chi connectivity index (χ2v) is 10.2.